The molecule has 0 aromatic rings. The van der Waals surface area contributed by atoms with Crippen molar-refractivity contribution in [1.82, 2.24) is 14.3 Å². The Balaban J connectivity index is 2.62. The van der Waals surface area contributed by atoms with Crippen LogP contribution < -0.4 is 10.0 Å². The van der Waals surface area contributed by atoms with E-state index in [-0.39, 0.29) is 12.1 Å². The molecular weight excluding hydrogens is 266 g/mol. The van der Waals surface area contributed by atoms with Gasteiger partial charge in [-0.1, -0.05) is 6.42 Å². The van der Waals surface area contributed by atoms with Crippen LogP contribution in [0.15, 0.2) is 0 Å². The van der Waals surface area contributed by atoms with Crippen molar-refractivity contribution in [2.24, 2.45) is 0 Å². The molecule has 1 heterocycles. The van der Waals surface area contributed by atoms with Gasteiger partial charge in [-0.25, -0.2) is 0 Å². The molecule has 1 fully saturated rings. The van der Waals surface area contributed by atoms with Crippen LogP contribution in [0.5, 0.6) is 0 Å². The fraction of sp³-hybridized carbons (Fsp3) is 1.00. The Bertz CT molecular complexity index is 346. The smallest absolute Gasteiger partial charge is 0.280 e. The Labute approximate surface area is 117 Å². The zero-order valence-electron chi connectivity index (χ0n) is 12.2. The second-order valence-corrected chi connectivity index (χ2v) is 6.66. The second-order valence-electron chi connectivity index (χ2n) is 5.00. The van der Waals surface area contributed by atoms with E-state index in [1.54, 1.807) is 4.31 Å². The van der Waals surface area contributed by atoms with Crippen molar-refractivity contribution in [3.8, 4) is 0 Å². The SMILES string of the molecule is CCOCC(C)NS(=O)(=O)N1CCCCC1CNC. The van der Waals surface area contributed by atoms with Crippen LogP contribution in [0.3, 0.4) is 0 Å². The number of piperidine rings is 1. The first kappa shape index (κ1) is 16.8. The van der Waals surface area contributed by atoms with Gasteiger partial charge in [-0.05, 0) is 33.7 Å². The largest absolute Gasteiger partial charge is 0.380 e. The van der Waals surface area contributed by atoms with Crippen LogP contribution in [0.2, 0.25) is 0 Å². The van der Waals surface area contributed by atoms with E-state index in [2.05, 4.69) is 10.0 Å². The summed E-state index contributed by atoms with van der Waals surface area (Å²) in [4.78, 5) is 0. The summed E-state index contributed by atoms with van der Waals surface area (Å²) < 4.78 is 34.3. The Morgan fingerprint density at radius 2 is 2.16 bits per heavy atom. The molecular formula is C12H27N3O3S. The number of hydrogen-bond donors (Lipinski definition) is 2. The van der Waals surface area contributed by atoms with E-state index >= 15 is 0 Å². The normalized spacial score (nSPS) is 23.4. The fourth-order valence-corrected chi connectivity index (χ4v) is 4.03. The molecule has 1 aliphatic rings. The average Bonchev–Trinajstić information content (AvgIpc) is 2.37. The maximum atomic E-state index is 12.4. The summed E-state index contributed by atoms with van der Waals surface area (Å²) in [6, 6.07) is -0.155. The number of rotatable bonds is 8. The number of ether oxygens (including phenoxy) is 1. The first-order chi connectivity index (χ1) is 9.01. The minimum absolute atomic E-state index is 0.0514. The lowest BCUT2D eigenvalue weighted by Gasteiger charge is -2.35. The Morgan fingerprint density at radius 3 is 2.79 bits per heavy atom. The van der Waals surface area contributed by atoms with E-state index in [9.17, 15) is 8.42 Å². The predicted molar refractivity (Wildman–Crippen MR) is 76.3 cm³/mol. The summed E-state index contributed by atoms with van der Waals surface area (Å²) in [7, 11) is -1.57. The zero-order valence-corrected chi connectivity index (χ0v) is 13.0. The third-order valence-corrected chi connectivity index (χ3v) is 5.04. The first-order valence-corrected chi connectivity index (χ1v) is 8.46. The molecule has 1 aliphatic heterocycles. The maximum Gasteiger partial charge on any atom is 0.280 e. The third-order valence-electron chi connectivity index (χ3n) is 3.24. The van der Waals surface area contributed by atoms with Crippen LogP contribution in [0.25, 0.3) is 0 Å². The number of nitrogens with one attached hydrogen (secondary N) is 2. The van der Waals surface area contributed by atoms with E-state index in [0.717, 1.165) is 19.3 Å². The van der Waals surface area contributed by atoms with Gasteiger partial charge in [0.15, 0.2) is 0 Å². The molecule has 6 nitrogen and oxygen atoms in total. The summed E-state index contributed by atoms with van der Waals surface area (Å²) in [5, 5.41) is 3.07. The molecule has 2 atom stereocenters. The first-order valence-electron chi connectivity index (χ1n) is 7.02. The average molecular weight is 293 g/mol. The third kappa shape index (κ3) is 5.35. The summed E-state index contributed by atoms with van der Waals surface area (Å²) in [6.45, 7) is 6.02. The summed E-state index contributed by atoms with van der Waals surface area (Å²) in [5.74, 6) is 0. The molecule has 0 aliphatic carbocycles. The minimum Gasteiger partial charge on any atom is -0.380 e. The standard InChI is InChI=1S/C12H27N3O3S/c1-4-18-10-11(2)14-19(16,17)15-8-6-5-7-12(15)9-13-3/h11-14H,4-10H2,1-3H3. The molecule has 114 valence electrons. The van der Waals surface area contributed by atoms with E-state index < -0.39 is 10.2 Å². The summed E-state index contributed by atoms with van der Waals surface area (Å²) in [6.07, 6.45) is 2.94. The topological polar surface area (TPSA) is 70.7 Å². The molecule has 0 aromatic heterocycles. The van der Waals surface area contributed by atoms with E-state index in [1.807, 2.05) is 20.9 Å². The van der Waals surface area contributed by atoms with Crippen molar-refractivity contribution >= 4 is 10.2 Å². The van der Waals surface area contributed by atoms with Crippen molar-refractivity contribution in [2.45, 2.75) is 45.2 Å². The molecule has 1 rings (SSSR count). The zero-order chi connectivity index (χ0) is 14.3. The predicted octanol–water partition coefficient (Wildman–Crippen LogP) is 0.320. The lowest BCUT2D eigenvalue weighted by molar-refractivity contribution is 0.132. The highest BCUT2D eigenvalue weighted by Crippen LogP contribution is 2.19. The lowest BCUT2D eigenvalue weighted by atomic mass is 10.1. The number of nitrogens with zero attached hydrogens (tertiary/aromatic N) is 1. The van der Waals surface area contributed by atoms with Gasteiger partial charge in [-0.15, -0.1) is 0 Å². The quantitative estimate of drug-likeness (QED) is 0.676. The van der Waals surface area contributed by atoms with E-state index in [4.69, 9.17) is 4.74 Å². The van der Waals surface area contributed by atoms with Gasteiger partial charge in [-0.3, -0.25) is 0 Å². The Kier molecular flexibility index (Phi) is 7.23. The highest BCUT2D eigenvalue weighted by molar-refractivity contribution is 7.87. The monoisotopic (exact) mass is 293 g/mol. The molecule has 0 radical (unpaired) electrons. The number of likely N-dealkylation sites (N-methyl/N-ethyl adjacent to an activating group) is 1. The Hall–Kier alpha value is -0.210. The molecule has 7 heteroatoms. The van der Waals surface area contributed by atoms with Crippen LogP contribution in [0.1, 0.15) is 33.1 Å². The Morgan fingerprint density at radius 1 is 1.42 bits per heavy atom. The molecule has 19 heavy (non-hydrogen) atoms. The number of hydrogen-bond acceptors (Lipinski definition) is 4. The van der Waals surface area contributed by atoms with E-state index in [0.29, 0.717) is 26.3 Å². The van der Waals surface area contributed by atoms with Gasteiger partial charge >= 0.3 is 0 Å². The molecule has 2 unspecified atom stereocenters. The van der Waals surface area contributed by atoms with Gasteiger partial charge in [0.2, 0.25) is 0 Å². The molecule has 0 saturated carbocycles. The van der Waals surface area contributed by atoms with Crippen molar-refractivity contribution in [3.05, 3.63) is 0 Å². The molecule has 0 bridgehead atoms. The van der Waals surface area contributed by atoms with Crippen LogP contribution in [-0.4, -0.2) is 58.2 Å². The molecule has 0 amide bonds. The van der Waals surface area contributed by atoms with Crippen LogP contribution in [0, 0.1) is 0 Å². The second kappa shape index (κ2) is 8.16. The van der Waals surface area contributed by atoms with Crippen molar-refractivity contribution < 1.29 is 13.2 Å². The minimum atomic E-state index is -3.42. The van der Waals surface area contributed by atoms with Gasteiger partial charge < -0.3 is 10.1 Å². The summed E-state index contributed by atoms with van der Waals surface area (Å²) >= 11 is 0. The fourth-order valence-electron chi connectivity index (χ4n) is 2.38. The molecule has 0 aromatic carbocycles. The van der Waals surface area contributed by atoms with Crippen molar-refractivity contribution in [3.63, 3.8) is 0 Å². The van der Waals surface area contributed by atoms with Crippen molar-refractivity contribution in [2.75, 3.05) is 33.4 Å². The summed E-state index contributed by atoms with van der Waals surface area (Å²) in [5.41, 5.74) is 0. The molecule has 0 spiro atoms. The van der Waals surface area contributed by atoms with Gasteiger partial charge in [0.25, 0.3) is 10.2 Å². The van der Waals surface area contributed by atoms with Crippen LogP contribution >= 0.6 is 0 Å². The molecule has 2 N–H and O–H groups in total. The van der Waals surface area contributed by atoms with Crippen LogP contribution in [-0.2, 0) is 14.9 Å². The van der Waals surface area contributed by atoms with Crippen LogP contribution in [0.4, 0.5) is 0 Å². The van der Waals surface area contributed by atoms with Gasteiger partial charge in [0.05, 0.1) is 6.61 Å². The lowest BCUT2D eigenvalue weighted by Crippen LogP contribution is -2.54. The molecule has 1 saturated heterocycles. The highest BCUT2D eigenvalue weighted by atomic mass is 32.2. The van der Waals surface area contributed by atoms with Gasteiger partial charge in [-0.2, -0.15) is 17.4 Å². The highest BCUT2D eigenvalue weighted by Gasteiger charge is 2.32. The van der Waals surface area contributed by atoms with Gasteiger partial charge in [0.1, 0.15) is 0 Å². The van der Waals surface area contributed by atoms with E-state index in [1.165, 1.54) is 0 Å². The van der Waals surface area contributed by atoms with Gasteiger partial charge in [0, 0.05) is 31.8 Å². The maximum absolute atomic E-state index is 12.4. The van der Waals surface area contributed by atoms with Crippen molar-refractivity contribution in [1.29, 1.82) is 0 Å².